The zero-order valence-electron chi connectivity index (χ0n) is 22.0. The molecule has 6 aromatic carbocycles. The molecule has 7 aromatic rings. The summed E-state index contributed by atoms with van der Waals surface area (Å²) in [6.07, 6.45) is 6.64. The molecule has 1 heteroatoms. The van der Waals surface area contributed by atoms with E-state index >= 15 is 0 Å². The normalized spacial score (nSPS) is 14.6. The highest BCUT2D eigenvalue weighted by Gasteiger charge is 2.21. The molecule has 1 aliphatic rings. The van der Waals surface area contributed by atoms with Crippen molar-refractivity contribution in [1.82, 2.24) is 0 Å². The van der Waals surface area contributed by atoms with Gasteiger partial charge in [-0.05, 0) is 80.3 Å². The molecule has 188 valence electrons. The molecule has 0 saturated heterocycles. The number of furan rings is 1. The lowest BCUT2D eigenvalue weighted by molar-refractivity contribution is 0.443. The first-order chi connectivity index (χ1) is 19.4. The van der Waals surface area contributed by atoms with Crippen LogP contribution in [0.5, 0.6) is 0 Å². The van der Waals surface area contributed by atoms with Gasteiger partial charge >= 0.3 is 0 Å². The molecule has 1 aliphatic carbocycles. The van der Waals surface area contributed by atoms with Crippen LogP contribution in [0.25, 0.3) is 65.7 Å². The lowest BCUT2D eigenvalue weighted by Gasteiger charge is -2.21. The maximum absolute atomic E-state index is 6.56. The summed E-state index contributed by atoms with van der Waals surface area (Å²) in [5, 5.41) is 7.53. The van der Waals surface area contributed by atoms with Gasteiger partial charge in [-0.25, -0.2) is 0 Å². The molecule has 0 atom stereocenters. The summed E-state index contributed by atoms with van der Waals surface area (Å²) in [5.41, 5.74) is 8.48. The van der Waals surface area contributed by atoms with E-state index in [1.807, 2.05) is 0 Å². The minimum atomic E-state index is 0.661. The van der Waals surface area contributed by atoms with E-state index in [-0.39, 0.29) is 0 Å². The van der Waals surface area contributed by atoms with Gasteiger partial charge in [0.2, 0.25) is 0 Å². The Hall–Kier alpha value is -4.36. The number of benzene rings is 6. The van der Waals surface area contributed by atoms with Gasteiger partial charge < -0.3 is 4.42 Å². The minimum Gasteiger partial charge on any atom is -0.456 e. The monoisotopic (exact) mass is 502 g/mol. The quantitative estimate of drug-likeness (QED) is 0.219. The topological polar surface area (TPSA) is 13.1 Å². The molecule has 1 heterocycles. The average molecular weight is 503 g/mol. The lowest BCUT2D eigenvalue weighted by Crippen LogP contribution is -2.03. The van der Waals surface area contributed by atoms with E-state index in [0.29, 0.717) is 5.92 Å². The molecule has 0 unspecified atom stereocenters. The van der Waals surface area contributed by atoms with E-state index in [0.717, 1.165) is 11.2 Å². The van der Waals surface area contributed by atoms with E-state index in [1.165, 1.54) is 92.2 Å². The second-order valence-electron chi connectivity index (χ2n) is 11.1. The fraction of sp³-hybridized carbons (Fsp3) is 0.158. The average Bonchev–Trinajstić information content (AvgIpc) is 3.39. The Morgan fingerprint density at radius 3 is 1.82 bits per heavy atom. The summed E-state index contributed by atoms with van der Waals surface area (Å²) in [7, 11) is 0. The van der Waals surface area contributed by atoms with Crippen LogP contribution in [-0.2, 0) is 0 Å². The van der Waals surface area contributed by atoms with E-state index in [1.54, 1.807) is 0 Å². The number of hydrogen-bond donors (Lipinski definition) is 0. The highest BCUT2D eigenvalue weighted by Crippen LogP contribution is 2.47. The van der Waals surface area contributed by atoms with Crippen LogP contribution in [0.15, 0.2) is 120 Å². The Bertz CT molecular complexity index is 1930. The molecular weight excluding hydrogens is 472 g/mol. The van der Waals surface area contributed by atoms with Gasteiger partial charge in [-0.2, -0.15) is 0 Å². The van der Waals surface area contributed by atoms with Gasteiger partial charge in [0.15, 0.2) is 0 Å². The maximum Gasteiger partial charge on any atom is 0.136 e. The van der Waals surface area contributed by atoms with E-state index in [4.69, 9.17) is 4.42 Å². The summed E-state index contributed by atoms with van der Waals surface area (Å²) in [6, 6.07) is 42.1. The molecule has 1 fully saturated rings. The van der Waals surface area contributed by atoms with Crippen LogP contribution in [0.3, 0.4) is 0 Å². The number of rotatable bonds is 3. The predicted octanol–water partition coefficient (Wildman–Crippen LogP) is 11.3. The van der Waals surface area contributed by atoms with Crippen molar-refractivity contribution in [2.75, 3.05) is 0 Å². The summed E-state index contributed by atoms with van der Waals surface area (Å²) in [5.74, 6) is 0.661. The maximum atomic E-state index is 6.56. The van der Waals surface area contributed by atoms with Gasteiger partial charge in [-0.3, -0.25) is 0 Å². The van der Waals surface area contributed by atoms with Crippen LogP contribution in [-0.4, -0.2) is 0 Å². The van der Waals surface area contributed by atoms with Crippen LogP contribution in [0.1, 0.15) is 43.6 Å². The van der Waals surface area contributed by atoms with Gasteiger partial charge in [0.1, 0.15) is 11.2 Å². The van der Waals surface area contributed by atoms with Gasteiger partial charge in [0.05, 0.1) is 0 Å². The second kappa shape index (κ2) is 9.13. The summed E-state index contributed by atoms with van der Waals surface area (Å²) < 4.78 is 6.56. The first-order valence-corrected chi connectivity index (χ1v) is 14.3. The van der Waals surface area contributed by atoms with Gasteiger partial charge in [0, 0.05) is 10.8 Å². The molecule has 8 rings (SSSR count). The summed E-state index contributed by atoms with van der Waals surface area (Å²) >= 11 is 0. The van der Waals surface area contributed by atoms with Crippen molar-refractivity contribution in [3.8, 4) is 22.3 Å². The van der Waals surface area contributed by atoms with Crippen LogP contribution in [0.4, 0.5) is 0 Å². The van der Waals surface area contributed by atoms with Crippen molar-refractivity contribution in [2.45, 2.75) is 38.0 Å². The molecule has 39 heavy (non-hydrogen) atoms. The molecule has 0 bridgehead atoms. The first kappa shape index (κ1) is 22.6. The second-order valence-corrected chi connectivity index (χ2v) is 11.1. The van der Waals surface area contributed by atoms with Crippen LogP contribution >= 0.6 is 0 Å². The van der Waals surface area contributed by atoms with Crippen LogP contribution < -0.4 is 0 Å². The largest absolute Gasteiger partial charge is 0.456 e. The zero-order valence-corrected chi connectivity index (χ0v) is 22.0. The fourth-order valence-corrected chi connectivity index (χ4v) is 7.07. The van der Waals surface area contributed by atoms with Crippen molar-refractivity contribution in [2.24, 2.45) is 0 Å². The minimum absolute atomic E-state index is 0.661. The summed E-state index contributed by atoms with van der Waals surface area (Å²) in [4.78, 5) is 0. The third-order valence-corrected chi connectivity index (χ3v) is 8.86. The molecule has 1 saturated carbocycles. The third kappa shape index (κ3) is 3.61. The van der Waals surface area contributed by atoms with E-state index in [2.05, 4.69) is 115 Å². The highest BCUT2D eigenvalue weighted by molar-refractivity contribution is 6.25. The molecule has 0 spiro atoms. The van der Waals surface area contributed by atoms with Crippen molar-refractivity contribution >= 4 is 43.5 Å². The van der Waals surface area contributed by atoms with Crippen molar-refractivity contribution < 1.29 is 4.42 Å². The lowest BCUT2D eigenvalue weighted by atomic mass is 9.83. The van der Waals surface area contributed by atoms with Gasteiger partial charge in [-0.1, -0.05) is 122 Å². The molecule has 0 radical (unpaired) electrons. The van der Waals surface area contributed by atoms with Crippen molar-refractivity contribution in [3.63, 3.8) is 0 Å². The van der Waals surface area contributed by atoms with Crippen LogP contribution in [0.2, 0.25) is 0 Å². The smallest absolute Gasteiger partial charge is 0.136 e. The Balaban J connectivity index is 1.44. The SMILES string of the molecule is c1ccc(-c2c3ccccc3c(-c3cccc4oc5cc(C6CCCCC6)ccc5c34)c3ccccc23)cc1. The molecule has 1 nitrogen and oxygen atoms in total. The van der Waals surface area contributed by atoms with Gasteiger partial charge in [-0.15, -0.1) is 0 Å². The Morgan fingerprint density at radius 2 is 1.13 bits per heavy atom. The third-order valence-electron chi connectivity index (χ3n) is 8.86. The Labute approximate surface area is 228 Å². The van der Waals surface area contributed by atoms with E-state index in [9.17, 15) is 0 Å². The van der Waals surface area contributed by atoms with Gasteiger partial charge in [0.25, 0.3) is 0 Å². The van der Waals surface area contributed by atoms with Crippen molar-refractivity contribution in [3.05, 3.63) is 121 Å². The van der Waals surface area contributed by atoms with Crippen LogP contribution in [0, 0.1) is 0 Å². The Morgan fingerprint density at radius 1 is 0.487 bits per heavy atom. The van der Waals surface area contributed by atoms with Crippen molar-refractivity contribution in [1.29, 1.82) is 0 Å². The highest BCUT2D eigenvalue weighted by atomic mass is 16.3. The number of hydrogen-bond acceptors (Lipinski definition) is 1. The number of fused-ring (bicyclic) bond motifs is 5. The molecule has 0 aliphatic heterocycles. The zero-order chi connectivity index (χ0) is 25.8. The summed E-state index contributed by atoms with van der Waals surface area (Å²) in [6.45, 7) is 0. The molecule has 0 amide bonds. The Kier molecular flexibility index (Phi) is 5.29. The first-order valence-electron chi connectivity index (χ1n) is 14.3. The standard InChI is InChI=1S/C38H30O/c1-3-12-25(13-4-1)27-22-23-32-35(24-27)39-34-21-11-20-33(38(32)34)37-30-18-9-7-16-28(30)36(26-14-5-2-6-15-26)29-17-8-10-19-31(29)37/h2,5-11,14-25H,1,3-4,12-13H2. The molecule has 1 aromatic heterocycles. The predicted molar refractivity (Wildman–Crippen MR) is 165 cm³/mol. The fourth-order valence-electron chi connectivity index (χ4n) is 7.07. The molecule has 0 N–H and O–H groups in total. The molecular formula is C38H30O. The van der Waals surface area contributed by atoms with E-state index < -0.39 is 0 Å².